The van der Waals surface area contributed by atoms with Gasteiger partial charge in [0.1, 0.15) is 23.2 Å². The van der Waals surface area contributed by atoms with E-state index in [-0.39, 0.29) is 46.8 Å². The van der Waals surface area contributed by atoms with Gasteiger partial charge in [0.2, 0.25) is 0 Å². The van der Waals surface area contributed by atoms with Gasteiger partial charge < -0.3 is 24.7 Å². The average molecular weight is 505 g/mol. The van der Waals surface area contributed by atoms with Gasteiger partial charge in [0.25, 0.3) is 5.91 Å². The summed E-state index contributed by atoms with van der Waals surface area (Å²) in [4.78, 5) is 32.5. The SMILES string of the molecule is CC1C=CC[C@@H](C)OC(=O)c2c(O)cc(O)c(Cl)c2CC(=NOCC(=O)N2CCCCC2)C=CC1. The van der Waals surface area contributed by atoms with Crippen LogP contribution in [-0.2, 0) is 20.8 Å². The van der Waals surface area contributed by atoms with Crippen molar-refractivity contribution in [2.45, 2.75) is 58.5 Å². The van der Waals surface area contributed by atoms with Crippen LogP contribution in [0, 0.1) is 5.92 Å². The molecule has 2 heterocycles. The molecule has 0 radical (unpaired) electrons. The Labute approximate surface area is 210 Å². The highest BCUT2D eigenvalue weighted by Gasteiger charge is 2.26. The van der Waals surface area contributed by atoms with Crippen LogP contribution < -0.4 is 0 Å². The van der Waals surface area contributed by atoms with E-state index in [9.17, 15) is 19.8 Å². The van der Waals surface area contributed by atoms with E-state index >= 15 is 0 Å². The number of rotatable bonds is 3. The van der Waals surface area contributed by atoms with E-state index < -0.39 is 17.8 Å². The van der Waals surface area contributed by atoms with E-state index in [1.54, 1.807) is 17.9 Å². The summed E-state index contributed by atoms with van der Waals surface area (Å²) in [5.41, 5.74) is 0.398. The van der Waals surface area contributed by atoms with Crippen molar-refractivity contribution in [2.75, 3.05) is 19.7 Å². The summed E-state index contributed by atoms with van der Waals surface area (Å²) in [7, 11) is 0. The minimum absolute atomic E-state index is 0.0295. The molecule has 0 saturated carbocycles. The summed E-state index contributed by atoms with van der Waals surface area (Å²) in [6.07, 6.45) is 11.5. The molecule has 0 aliphatic carbocycles. The molecule has 0 aromatic heterocycles. The molecule has 190 valence electrons. The van der Waals surface area contributed by atoms with Crippen molar-refractivity contribution < 1.29 is 29.4 Å². The van der Waals surface area contributed by atoms with Crippen LogP contribution in [-0.4, -0.2) is 58.5 Å². The Morgan fingerprint density at radius 1 is 1.17 bits per heavy atom. The van der Waals surface area contributed by atoms with Crippen LogP contribution in [0.15, 0.2) is 35.5 Å². The van der Waals surface area contributed by atoms with Crippen LogP contribution in [0.25, 0.3) is 0 Å². The summed E-state index contributed by atoms with van der Waals surface area (Å²) in [6, 6.07) is 1.01. The second-order valence-electron chi connectivity index (χ2n) is 9.05. The normalized spacial score (nSPS) is 22.9. The highest BCUT2D eigenvalue weighted by molar-refractivity contribution is 6.33. The van der Waals surface area contributed by atoms with Crippen molar-refractivity contribution in [1.82, 2.24) is 4.90 Å². The number of cyclic esters (lactones) is 1. The first-order valence-corrected chi connectivity index (χ1v) is 12.4. The van der Waals surface area contributed by atoms with Gasteiger partial charge in [0.15, 0.2) is 6.61 Å². The maximum absolute atomic E-state index is 12.9. The number of ether oxygens (including phenoxy) is 1. The second-order valence-corrected chi connectivity index (χ2v) is 9.43. The number of oxime groups is 1. The van der Waals surface area contributed by atoms with Crippen LogP contribution in [0.1, 0.15) is 61.9 Å². The number of hydrogen-bond acceptors (Lipinski definition) is 7. The number of piperidine rings is 1. The van der Waals surface area contributed by atoms with Crippen LogP contribution in [0.2, 0.25) is 5.02 Å². The van der Waals surface area contributed by atoms with Crippen LogP contribution >= 0.6 is 11.6 Å². The predicted molar refractivity (Wildman–Crippen MR) is 134 cm³/mol. The lowest BCUT2D eigenvalue weighted by Gasteiger charge is -2.26. The molecule has 2 atom stereocenters. The van der Waals surface area contributed by atoms with Gasteiger partial charge in [-0.2, -0.15) is 0 Å². The Bertz CT molecular complexity index is 1010. The first-order chi connectivity index (χ1) is 16.8. The Morgan fingerprint density at radius 2 is 1.91 bits per heavy atom. The lowest BCUT2D eigenvalue weighted by molar-refractivity contribution is -0.137. The molecule has 1 aromatic carbocycles. The smallest absolute Gasteiger partial charge is 0.342 e. The molecule has 0 bridgehead atoms. The van der Waals surface area contributed by atoms with Gasteiger partial charge in [-0.05, 0) is 50.2 Å². The molecule has 35 heavy (non-hydrogen) atoms. The fourth-order valence-electron chi connectivity index (χ4n) is 4.08. The fourth-order valence-corrected chi connectivity index (χ4v) is 4.29. The standard InChI is InChI=1S/C26H33ClN2O6/c1-17-8-6-10-18(2)35-26(33)24-20(25(27)22(31)15-21(24)30)14-19(11-7-9-17)28-34-16-23(32)29-12-4-3-5-13-29/h6-8,11,15,17-18,30-31H,3-5,9-10,12-14,16H2,1-2H3/t17?,18-/m1/s1. The first kappa shape index (κ1) is 26.6. The number of allylic oxidation sites excluding steroid dienone is 3. The number of fused-ring (bicyclic) bond motifs is 1. The van der Waals surface area contributed by atoms with E-state index in [2.05, 4.69) is 12.1 Å². The third-order valence-corrected chi connectivity index (χ3v) is 6.44. The van der Waals surface area contributed by atoms with Gasteiger partial charge in [0.05, 0.1) is 10.7 Å². The average Bonchev–Trinajstić information content (AvgIpc) is 2.82. The number of carbonyl (C=O) groups excluding carboxylic acids is 2. The maximum atomic E-state index is 12.9. The number of halogens is 1. The monoisotopic (exact) mass is 504 g/mol. The minimum Gasteiger partial charge on any atom is -0.507 e. The summed E-state index contributed by atoms with van der Waals surface area (Å²) in [5.74, 6) is -1.46. The quantitative estimate of drug-likeness (QED) is 0.349. The predicted octanol–water partition coefficient (Wildman–Crippen LogP) is 4.77. The maximum Gasteiger partial charge on any atom is 0.342 e. The largest absolute Gasteiger partial charge is 0.507 e. The molecule has 1 unspecified atom stereocenters. The van der Waals surface area contributed by atoms with Crippen molar-refractivity contribution >= 4 is 29.2 Å². The number of hydrogen-bond donors (Lipinski definition) is 2. The Morgan fingerprint density at radius 3 is 2.66 bits per heavy atom. The topological polar surface area (TPSA) is 109 Å². The number of carbonyl (C=O) groups is 2. The number of amides is 1. The highest BCUT2D eigenvalue weighted by atomic mass is 35.5. The molecule has 2 N–H and O–H groups in total. The molecule has 1 saturated heterocycles. The molecule has 1 fully saturated rings. The molecule has 9 heteroatoms. The van der Waals surface area contributed by atoms with Crippen molar-refractivity contribution in [3.63, 3.8) is 0 Å². The molecular weight excluding hydrogens is 472 g/mol. The number of likely N-dealkylation sites (tertiary alicyclic amines) is 1. The number of esters is 1. The minimum atomic E-state index is -0.755. The third kappa shape index (κ3) is 7.49. The van der Waals surface area contributed by atoms with E-state index in [1.807, 2.05) is 18.2 Å². The Balaban J connectivity index is 1.91. The van der Waals surface area contributed by atoms with Gasteiger partial charge in [0, 0.05) is 32.0 Å². The van der Waals surface area contributed by atoms with Crippen LogP contribution in [0.3, 0.4) is 0 Å². The van der Waals surface area contributed by atoms with E-state index in [1.165, 1.54) is 0 Å². The van der Waals surface area contributed by atoms with Crippen molar-refractivity contribution in [2.24, 2.45) is 11.1 Å². The van der Waals surface area contributed by atoms with Crippen molar-refractivity contribution in [3.8, 4) is 11.5 Å². The summed E-state index contributed by atoms with van der Waals surface area (Å²) < 4.78 is 5.52. The second kappa shape index (κ2) is 12.6. The van der Waals surface area contributed by atoms with E-state index in [0.717, 1.165) is 31.7 Å². The van der Waals surface area contributed by atoms with Gasteiger partial charge in [-0.1, -0.05) is 41.9 Å². The number of phenolic OH excluding ortho intramolecular Hbond substituents is 2. The Kier molecular flexibility index (Phi) is 9.60. The lowest BCUT2D eigenvalue weighted by atomic mass is 9.98. The zero-order valence-electron chi connectivity index (χ0n) is 20.2. The zero-order valence-corrected chi connectivity index (χ0v) is 21.0. The molecule has 8 nitrogen and oxygen atoms in total. The van der Waals surface area contributed by atoms with E-state index in [0.29, 0.717) is 25.2 Å². The molecule has 0 spiro atoms. The van der Waals surface area contributed by atoms with Crippen molar-refractivity contribution in [3.05, 3.63) is 46.5 Å². The lowest BCUT2D eigenvalue weighted by Crippen LogP contribution is -2.37. The summed E-state index contributed by atoms with van der Waals surface area (Å²) in [6.45, 7) is 5.05. The zero-order chi connectivity index (χ0) is 25.4. The van der Waals surface area contributed by atoms with Crippen LogP contribution in [0.4, 0.5) is 0 Å². The Hall–Kier alpha value is -3.00. The molecule has 1 aromatic rings. The number of phenols is 2. The number of nitrogens with zero attached hydrogens (tertiary/aromatic N) is 2. The molecule has 3 rings (SSSR count). The van der Waals surface area contributed by atoms with Gasteiger partial charge in [-0.3, -0.25) is 4.79 Å². The van der Waals surface area contributed by atoms with Gasteiger partial charge >= 0.3 is 5.97 Å². The summed E-state index contributed by atoms with van der Waals surface area (Å²) in [5, 5.41) is 24.7. The molecule has 2 aliphatic heterocycles. The first-order valence-electron chi connectivity index (χ1n) is 12.0. The highest BCUT2D eigenvalue weighted by Crippen LogP contribution is 2.37. The fraction of sp³-hybridized carbons (Fsp3) is 0.500. The third-order valence-electron chi connectivity index (χ3n) is 6.02. The van der Waals surface area contributed by atoms with Crippen LogP contribution in [0.5, 0.6) is 11.5 Å². The van der Waals surface area contributed by atoms with Gasteiger partial charge in [-0.25, -0.2) is 4.79 Å². The number of benzene rings is 1. The molecule has 2 aliphatic rings. The van der Waals surface area contributed by atoms with Gasteiger partial charge in [-0.15, -0.1) is 0 Å². The van der Waals surface area contributed by atoms with E-state index in [4.69, 9.17) is 21.2 Å². The molecule has 1 amide bonds. The molecular formula is C26H33ClN2O6. The van der Waals surface area contributed by atoms with Crippen molar-refractivity contribution in [1.29, 1.82) is 0 Å². The summed E-state index contributed by atoms with van der Waals surface area (Å²) >= 11 is 6.35. The number of aromatic hydroxyl groups is 2.